The molecule has 0 aliphatic carbocycles. The molecule has 212 valence electrons. The molecule has 2 atom stereocenters. The van der Waals surface area contributed by atoms with Crippen LogP contribution in [0.1, 0.15) is 40.9 Å². The lowest BCUT2D eigenvalue weighted by molar-refractivity contribution is -0.269. The van der Waals surface area contributed by atoms with Crippen LogP contribution in [0.3, 0.4) is 0 Å². The first-order valence-electron chi connectivity index (χ1n) is 11.9. The number of alkyl halides is 6. The Balaban J connectivity index is 1.81. The van der Waals surface area contributed by atoms with Crippen LogP contribution >= 0.6 is 15.9 Å². The first-order chi connectivity index (χ1) is 18.7. The number of carbonyl (C=O) groups is 2. The van der Waals surface area contributed by atoms with Gasteiger partial charge >= 0.3 is 12.4 Å². The van der Waals surface area contributed by atoms with Gasteiger partial charge in [0, 0.05) is 27.7 Å². The molecular formula is C27H22BrF6N3O3. The van der Waals surface area contributed by atoms with Crippen LogP contribution in [0.25, 0.3) is 16.5 Å². The fourth-order valence-corrected chi connectivity index (χ4v) is 4.84. The minimum Gasteiger partial charge on any atom is -0.355 e. The molecule has 0 saturated heterocycles. The van der Waals surface area contributed by atoms with E-state index >= 15 is 0 Å². The summed E-state index contributed by atoms with van der Waals surface area (Å²) < 4.78 is 83.5. The van der Waals surface area contributed by atoms with Gasteiger partial charge in [0.25, 0.3) is 5.91 Å². The van der Waals surface area contributed by atoms with Crippen molar-refractivity contribution >= 4 is 44.2 Å². The van der Waals surface area contributed by atoms with E-state index in [0.29, 0.717) is 35.5 Å². The topological polar surface area (TPSA) is 79.5 Å². The van der Waals surface area contributed by atoms with Crippen LogP contribution < -0.4 is 16.1 Å². The number of amides is 2. The van der Waals surface area contributed by atoms with E-state index in [4.69, 9.17) is 4.84 Å². The van der Waals surface area contributed by atoms with Crippen LogP contribution in [0.4, 0.5) is 26.3 Å². The van der Waals surface area contributed by atoms with Crippen LogP contribution in [0.5, 0.6) is 0 Å². The summed E-state index contributed by atoms with van der Waals surface area (Å²) in [6.45, 7) is 3.61. The van der Waals surface area contributed by atoms with E-state index < -0.39 is 41.0 Å². The van der Waals surface area contributed by atoms with Crippen molar-refractivity contribution in [3.05, 3.63) is 87.4 Å². The molecule has 4 rings (SSSR count). The minimum atomic E-state index is -5.16. The number of hydroxylamine groups is 1. The van der Waals surface area contributed by atoms with E-state index in [1.165, 1.54) is 19.1 Å². The molecule has 1 aliphatic rings. The molecule has 0 bridgehead atoms. The first kappa shape index (κ1) is 29.4. The molecule has 3 aromatic carbocycles. The highest BCUT2D eigenvalue weighted by atomic mass is 79.9. The van der Waals surface area contributed by atoms with Crippen molar-refractivity contribution in [1.82, 2.24) is 16.1 Å². The van der Waals surface area contributed by atoms with E-state index in [2.05, 4.69) is 32.0 Å². The van der Waals surface area contributed by atoms with Gasteiger partial charge in [-0.2, -0.15) is 26.3 Å². The predicted molar refractivity (Wildman–Crippen MR) is 139 cm³/mol. The van der Waals surface area contributed by atoms with Crippen LogP contribution in [0, 0.1) is 0 Å². The molecule has 1 heterocycles. The number of nitrogens with one attached hydrogen (secondary N) is 3. The Morgan fingerprint density at radius 3 is 2.33 bits per heavy atom. The minimum absolute atomic E-state index is 0.162. The lowest BCUT2D eigenvalue weighted by atomic mass is 9.89. The quantitative estimate of drug-likeness (QED) is 0.283. The molecule has 13 heteroatoms. The number of halogens is 7. The van der Waals surface area contributed by atoms with Crippen molar-refractivity contribution in [3.63, 3.8) is 0 Å². The van der Waals surface area contributed by atoms with Gasteiger partial charge < -0.3 is 10.6 Å². The molecule has 2 unspecified atom stereocenters. The zero-order chi connectivity index (χ0) is 29.5. The van der Waals surface area contributed by atoms with Crippen LogP contribution in [-0.2, 0) is 21.4 Å². The van der Waals surface area contributed by atoms with Crippen molar-refractivity contribution in [2.75, 3.05) is 6.54 Å². The van der Waals surface area contributed by atoms with Gasteiger partial charge in [-0.25, -0.2) is 0 Å². The molecule has 3 N–H and O–H groups in total. The maximum absolute atomic E-state index is 14.5. The maximum atomic E-state index is 14.5. The Hall–Kier alpha value is -3.58. The molecule has 6 nitrogen and oxygen atoms in total. The summed E-state index contributed by atoms with van der Waals surface area (Å²) in [6.07, 6.45) is -9.38. The average Bonchev–Trinajstić information content (AvgIpc) is 3.34. The van der Waals surface area contributed by atoms with Crippen molar-refractivity contribution in [1.29, 1.82) is 0 Å². The number of benzene rings is 3. The number of hydrogen-bond acceptors (Lipinski definition) is 4. The lowest BCUT2D eigenvalue weighted by Crippen LogP contribution is -2.44. The molecule has 0 fully saturated rings. The molecule has 40 heavy (non-hydrogen) atoms. The Kier molecular flexibility index (Phi) is 7.92. The van der Waals surface area contributed by atoms with Gasteiger partial charge in [-0.15, -0.1) is 0 Å². The molecule has 0 radical (unpaired) electrons. The predicted octanol–water partition coefficient (Wildman–Crippen LogP) is 6.21. The van der Waals surface area contributed by atoms with Crippen molar-refractivity contribution < 1.29 is 40.8 Å². The number of rotatable bonds is 6. The largest absolute Gasteiger partial charge is 0.428 e. The standard InChI is InChI=1S/C27H22BrF6N3O3/c1-3-35-23(38)14(2)36-24(39)21-9-8-20(18-6-4-5-7-19(18)21)22-13-25(40-37-22,27(32,33)34)15-10-16(26(29,30)31)12-17(28)11-15/h4-14,37H,3H2,1-2H3,(H,35,38)(H,36,39). The second kappa shape index (κ2) is 10.8. The molecule has 0 aromatic heterocycles. The van der Waals surface area contributed by atoms with Gasteiger partial charge in [0.1, 0.15) is 6.04 Å². The third kappa shape index (κ3) is 5.52. The highest BCUT2D eigenvalue weighted by molar-refractivity contribution is 9.10. The maximum Gasteiger partial charge on any atom is 0.428 e. The van der Waals surface area contributed by atoms with Gasteiger partial charge in [-0.3, -0.25) is 19.9 Å². The van der Waals surface area contributed by atoms with Crippen molar-refractivity contribution in [3.8, 4) is 0 Å². The smallest absolute Gasteiger partial charge is 0.355 e. The van der Waals surface area contributed by atoms with E-state index in [0.717, 1.165) is 6.07 Å². The summed E-state index contributed by atoms with van der Waals surface area (Å²) in [7, 11) is 0. The van der Waals surface area contributed by atoms with Gasteiger partial charge in [0.05, 0.1) is 11.3 Å². The summed E-state index contributed by atoms with van der Waals surface area (Å²) in [5, 5.41) is 5.92. The zero-order valence-electron chi connectivity index (χ0n) is 20.9. The van der Waals surface area contributed by atoms with E-state index in [1.54, 1.807) is 31.2 Å². The average molecular weight is 630 g/mol. The number of carbonyl (C=O) groups excluding carboxylic acids is 2. The second-order valence-electron chi connectivity index (χ2n) is 9.02. The fourth-order valence-electron chi connectivity index (χ4n) is 4.34. The molecule has 2 amide bonds. The summed E-state index contributed by atoms with van der Waals surface area (Å²) in [4.78, 5) is 30.1. The second-order valence-corrected chi connectivity index (χ2v) is 9.93. The third-order valence-electron chi connectivity index (χ3n) is 6.30. The monoisotopic (exact) mass is 629 g/mol. The molecular weight excluding hydrogens is 608 g/mol. The van der Waals surface area contributed by atoms with E-state index in [1.807, 2.05) is 0 Å². The SMILES string of the molecule is CCNC(=O)C(C)NC(=O)c1ccc(C2=CC(c3cc(Br)cc(C(F)(F)F)c3)(C(F)(F)F)ON2)c2ccccc12. The normalized spacial score (nSPS) is 18.2. The van der Waals surface area contributed by atoms with E-state index in [9.17, 15) is 35.9 Å². The Morgan fingerprint density at radius 1 is 1.02 bits per heavy atom. The number of hydrogen-bond donors (Lipinski definition) is 3. The zero-order valence-corrected chi connectivity index (χ0v) is 22.5. The lowest BCUT2D eigenvalue weighted by Gasteiger charge is -2.29. The van der Waals surface area contributed by atoms with Crippen molar-refractivity contribution in [2.24, 2.45) is 0 Å². The Bertz CT molecular complexity index is 1510. The molecule has 1 aliphatic heterocycles. The highest BCUT2D eigenvalue weighted by Crippen LogP contribution is 2.49. The van der Waals surface area contributed by atoms with Gasteiger partial charge in [-0.1, -0.05) is 46.3 Å². The number of fused-ring (bicyclic) bond motifs is 1. The number of likely N-dealkylation sites (N-methyl/N-ethyl adjacent to an activating group) is 1. The Morgan fingerprint density at radius 2 is 1.70 bits per heavy atom. The molecule has 0 saturated carbocycles. The van der Waals surface area contributed by atoms with Crippen LogP contribution in [-0.4, -0.2) is 30.6 Å². The summed E-state index contributed by atoms with van der Waals surface area (Å²) in [5.41, 5.74) is -2.86. The van der Waals surface area contributed by atoms with Crippen molar-refractivity contribution in [2.45, 2.75) is 37.8 Å². The summed E-state index contributed by atoms with van der Waals surface area (Å²) >= 11 is 2.87. The van der Waals surface area contributed by atoms with Gasteiger partial charge in [0.15, 0.2) is 0 Å². The van der Waals surface area contributed by atoms with Crippen LogP contribution in [0.2, 0.25) is 0 Å². The molecule has 3 aromatic rings. The van der Waals surface area contributed by atoms with Gasteiger partial charge in [0.2, 0.25) is 11.5 Å². The third-order valence-corrected chi connectivity index (χ3v) is 6.75. The molecule has 0 spiro atoms. The first-order valence-corrected chi connectivity index (χ1v) is 12.7. The summed E-state index contributed by atoms with van der Waals surface area (Å²) in [5.74, 6) is -0.969. The highest BCUT2D eigenvalue weighted by Gasteiger charge is 2.60. The summed E-state index contributed by atoms with van der Waals surface area (Å²) in [6, 6.07) is 10.3. The Labute approximate surface area is 232 Å². The van der Waals surface area contributed by atoms with Gasteiger partial charge in [-0.05, 0) is 55.0 Å². The van der Waals surface area contributed by atoms with Crippen LogP contribution in [0.15, 0.2) is 65.1 Å². The van der Waals surface area contributed by atoms with E-state index in [-0.39, 0.29) is 27.2 Å². The fraction of sp³-hybridized carbons (Fsp3) is 0.259.